The van der Waals surface area contributed by atoms with Crippen LogP contribution in [0.25, 0.3) is 0 Å². The lowest BCUT2D eigenvalue weighted by atomic mass is 10.1. The molecule has 32 heavy (non-hydrogen) atoms. The van der Waals surface area contributed by atoms with Crippen molar-refractivity contribution in [2.24, 2.45) is 0 Å². The molecule has 0 fully saturated rings. The smallest absolute Gasteiger partial charge is 0.312 e. The molecule has 9 nitrogen and oxygen atoms in total. The molecule has 1 atom stereocenters. The zero-order chi connectivity index (χ0) is 23.8. The van der Waals surface area contributed by atoms with E-state index >= 15 is 0 Å². The molecule has 1 aliphatic heterocycles. The Hall–Kier alpha value is -1.94. The van der Waals surface area contributed by atoms with Gasteiger partial charge in [0.05, 0.1) is 16.8 Å². The Morgan fingerprint density at radius 3 is 2.53 bits per heavy atom. The third kappa shape index (κ3) is 4.57. The molecule has 2 aromatic rings. The van der Waals surface area contributed by atoms with E-state index in [4.69, 9.17) is 11.6 Å². The molecule has 0 saturated heterocycles. The van der Waals surface area contributed by atoms with Crippen LogP contribution in [0.4, 0.5) is 5.69 Å². The molecule has 0 spiro atoms. The van der Waals surface area contributed by atoms with Gasteiger partial charge in [-0.05, 0) is 49.1 Å². The van der Waals surface area contributed by atoms with Crippen LogP contribution in [0.5, 0.6) is 0 Å². The molecule has 2 aromatic carbocycles. The third-order valence-corrected chi connectivity index (χ3v) is 9.70. The monoisotopic (exact) mass is 501 g/mol. The SMILES string of the molecule is CCc1cc(C(=O)NN2c3ccccc3CC2C)cc(S(=O)(=O)N(CC)P(=O)(O)O)c1Cl. The molecule has 0 aromatic heterocycles. The van der Waals surface area contributed by atoms with Gasteiger partial charge in [-0.3, -0.25) is 15.2 Å². The fourth-order valence-corrected chi connectivity index (χ4v) is 7.24. The number of fused-ring (bicyclic) bond motifs is 1. The highest BCUT2D eigenvalue weighted by Crippen LogP contribution is 2.45. The molecule has 1 aliphatic rings. The van der Waals surface area contributed by atoms with Crippen LogP contribution in [0.15, 0.2) is 41.3 Å². The van der Waals surface area contributed by atoms with Gasteiger partial charge in [0.25, 0.3) is 15.9 Å². The first-order valence-corrected chi connectivity index (χ1v) is 13.4. The maximum atomic E-state index is 13.1. The number of anilines is 1. The first-order valence-electron chi connectivity index (χ1n) is 10.0. The second-order valence-electron chi connectivity index (χ2n) is 7.45. The van der Waals surface area contributed by atoms with Gasteiger partial charge >= 0.3 is 7.75 Å². The van der Waals surface area contributed by atoms with Gasteiger partial charge in [0.2, 0.25) is 0 Å². The molecule has 3 rings (SSSR count). The lowest BCUT2D eigenvalue weighted by Crippen LogP contribution is -2.45. The largest absolute Gasteiger partial charge is 0.416 e. The van der Waals surface area contributed by atoms with Crippen molar-refractivity contribution in [1.82, 2.24) is 9.50 Å². The highest BCUT2D eigenvalue weighted by molar-refractivity contribution is 7.94. The molecular weight excluding hydrogens is 477 g/mol. The summed E-state index contributed by atoms with van der Waals surface area (Å²) in [5, 5.41) is 1.55. The van der Waals surface area contributed by atoms with Gasteiger partial charge in [0.15, 0.2) is 0 Å². The number of benzene rings is 2. The van der Waals surface area contributed by atoms with Crippen LogP contribution in [0.1, 0.15) is 42.3 Å². The summed E-state index contributed by atoms with van der Waals surface area (Å²) in [5.74, 6) is -0.560. The zero-order valence-corrected chi connectivity index (χ0v) is 20.3. The highest BCUT2D eigenvalue weighted by Gasteiger charge is 2.39. The molecule has 0 saturated carbocycles. The summed E-state index contributed by atoms with van der Waals surface area (Å²) in [4.78, 5) is 31.6. The first kappa shape index (κ1) is 24.7. The number of amides is 1. The number of carbonyl (C=O) groups excluding carboxylic acids is 1. The number of hydrogen-bond acceptors (Lipinski definition) is 5. The second kappa shape index (κ2) is 9.13. The summed E-state index contributed by atoms with van der Waals surface area (Å²) < 4.78 is 37.9. The Kier molecular flexibility index (Phi) is 7.05. The van der Waals surface area contributed by atoms with E-state index in [0.717, 1.165) is 23.7 Å². The number of para-hydroxylation sites is 1. The first-order chi connectivity index (χ1) is 14.9. The van der Waals surface area contributed by atoms with Gasteiger partial charge in [-0.15, -0.1) is 0 Å². The summed E-state index contributed by atoms with van der Waals surface area (Å²) in [6.45, 7) is 4.52. The van der Waals surface area contributed by atoms with Gasteiger partial charge in [-0.2, -0.15) is 0 Å². The minimum Gasteiger partial charge on any atom is -0.312 e. The summed E-state index contributed by atoms with van der Waals surface area (Å²) in [6, 6.07) is 10.2. The zero-order valence-electron chi connectivity index (χ0n) is 17.8. The number of sulfonamides is 1. The van der Waals surface area contributed by atoms with Crippen LogP contribution < -0.4 is 10.4 Å². The standard InChI is InChI=1S/C20H25ClN3O6PS/c1-4-14-11-16(12-18(19(14)21)32(29,30)23(5-2)31(26,27)28)20(25)22-24-13(3)10-15-8-6-7-9-17(15)24/h6-9,11-13H,4-5,10H2,1-3H3,(H,22,25)(H2,26,27,28). The number of hydrazine groups is 1. The Morgan fingerprint density at radius 1 is 1.28 bits per heavy atom. The van der Waals surface area contributed by atoms with Crippen LogP contribution in [0.2, 0.25) is 5.02 Å². The predicted molar refractivity (Wildman–Crippen MR) is 122 cm³/mol. The van der Waals surface area contributed by atoms with Gasteiger partial charge in [-0.25, -0.2) is 13.0 Å². The Labute approximate surface area is 192 Å². The van der Waals surface area contributed by atoms with E-state index in [1.165, 1.54) is 13.0 Å². The second-order valence-corrected chi connectivity index (χ2v) is 11.4. The van der Waals surface area contributed by atoms with E-state index in [-0.39, 0.29) is 20.7 Å². The van der Waals surface area contributed by atoms with Crippen molar-refractivity contribution in [2.45, 2.75) is 44.6 Å². The highest BCUT2D eigenvalue weighted by atomic mass is 35.5. The van der Waals surface area contributed by atoms with Gasteiger partial charge < -0.3 is 9.79 Å². The van der Waals surface area contributed by atoms with Crippen molar-refractivity contribution >= 4 is 41.0 Å². The fourth-order valence-electron chi connectivity index (χ4n) is 3.75. The van der Waals surface area contributed by atoms with E-state index < -0.39 is 35.1 Å². The van der Waals surface area contributed by atoms with E-state index in [1.54, 1.807) is 11.9 Å². The normalized spacial score (nSPS) is 16.3. The van der Waals surface area contributed by atoms with Gasteiger partial charge in [-0.1, -0.05) is 47.7 Å². The van der Waals surface area contributed by atoms with Crippen LogP contribution in [0, 0.1) is 0 Å². The maximum absolute atomic E-state index is 13.1. The Morgan fingerprint density at radius 2 is 1.94 bits per heavy atom. The van der Waals surface area contributed by atoms with Crippen molar-refractivity contribution in [3.05, 3.63) is 58.1 Å². The number of nitrogens with one attached hydrogen (secondary N) is 1. The van der Waals surface area contributed by atoms with Gasteiger partial charge in [0, 0.05) is 12.1 Å². The average molecular weight is 502 g/mol. The molecule has 3 N–H and O–H groups in total. The van der Waals surface area contributed by atoms with Crippen molar-refractivity contribution in [3.8, 4) is 0 Å². The predicted octanol–water partition coefficient (Wildman–Crippen LogP) is 3.10. The van der Waals surface area contributed by atoms with E-state index in [9.17, 15) is 27.6 Å². The maximum Gasteiger partial charge on any atom is 0.416 e. The number of hydrogen-bond donors (Lipinski definition) is 3. The molecule has 1 amide bonds. The van der Waals surface area contributed by atoms with Crippen molar-refractivity contribution in [1.29, 1.82) is 0 Å². The van der Waals surface area contributed by atoms with E-state index in [1.807, 2.05) is 31.2 Å². The summed E-state index contributed by atoms with van der Waals surface area (Å²) in [5.41, 5.74) is 5.13. The van der Waals surface area contributed by atoms with Crippen molar-refractivity contribution in [3.63, 3.8) is 0 Å². The lowest BCUT2D eigenvalue weighted by Gasteiger charge is -2.26. The average Bonchev–Trinajstić information content (AvgIpc) is 3.02. The van der Waals surface area contributed by atoms with E-state index in [2.05, 4.69) is 5.43 Å². The lowest BCUT2D eigenvalue weighted by molar-refractivity contribution is 0.0946. The Bertz CT molecular complexity index is 1200. The molecule has 12 heteroatoms. The number of halogens is 1. The van der Waals surface area contributed by atoms with E-state index in [0.29, 0.717) is 12.0 Å². The van der Waals surface area contributed by atoms with Gasteiger partial charge in [0.1, 0.15) is 4.90 Å². The third-order valence-electron chi connectivity index (χ3n) is 5.30. The minimum absolute atomic E-state index is 0.0114. The number of nitrogens with zero attached hydrogens (tertiary/aromatic N) is 2. The fraction of sp³-hybridized carbons (Fsp3) is 0.350. The molecule has 174 valence electrons. The molecule has 0 radical (unpaired) electrons. The van der Waals surface area contributed by atoms with Crippen LogP contribution in [-0.2, 0) is 27.4 Å². The van der Waals surface area contributed by atoms with Crippen LogP contribution in [-0.4, -0.2) is 40.8 Å². The van der Waals surface area contributed by atoms with Crippen molar-refractivity contribution < 1.29 is 27.6 Å². The number of carbonyl (C=O) groups is 1. The molecular formula is C20H25ClN3O6PS. The number of rotatable bonds is 7. The minimum atomic E-state index is -5.14. The molecule has 1 unspecified atom stereocenters. The number of aryl methyl sites for hydroxylation is 1. The van der Waals surface area contributed by atoms with Crippen LogP contribution in [0.3, 0.4) is 0 Å². The summed E-state index contributed by atoms with van der Waals surface area (Å²) >= 11 is 6.28. The Balaban J connectivity index is 2.04. The topological polar surface area (TPSA) is 127 Å². The van der Waals surface area contributed by atoms with Crippen molar-refractivity contribution in [2.75, 3.05) is 11.6 Å². The molecule has 0 bridgehead atoms. The van der Waals surface area contributed by atoms with Crippen LogP contribution >= 0.6 is 19.3 Å². The quantitative estimate of drug-likeness (QED) is 0.497. The molecule has 1 heterocycles. The molecule has 0 aliphatic carbocycles. The summed E-state index contributed by atoms with van der Waals surface area (Å²) in [7, 11) is -9.81. The summed E-state index contributed by atoms with van der Waals surface area (Å²) in [6.07, 6.45) is 1.05.